The topological polar surface area (TPSA) is 79.7 Å². The third-order valence-electron chi connectivity index (χ3n) is 2.37. The zero-order valence-electron chi connectivity index (χ0n) is 9.27. The number of fused-ring (bicyclic) bond motifs is 1. The van der Waals surface area contributed by atoms with Crippen molar-refractivity contribution in [2.75, 3.05) is 18.1 Å². The Morgan fingerprint density at radius 3 is 2.63 bits per heavy atom. The van der Waals surface area contributed by atoms with Gasteiger partial charge in [0.1, 0.15) is 6.61 Å². The molecule has 0 spiro atoms. The van der Waals surface area contributed by atoms with Gasteiger partial charge in [-0.1, -0.05) is 0 Å². The number of ether oxygens (including phenoxy) is 1. The molecule has 0 saturated heterocycles. The van der Waals surface area contributed by atoms with Crippen LogP contribution in [0.25, 0.3) is 0 Å². The number of amides is 1. The smallest absolute Gasteiger partial charge is 0.471 e. The second-order valence-electron chi connectivity index (χ2n) is 3.63. The van der Waals surface area contributed by atoms with Crippen molar-refractivity contribution in [3.63, 3.8) is 0 Å². The van der Waals surface area contributed by atoms with E-state index in [1.54, 1.807) is 0 Å². The van der Waals surface area contributed by atoms with Gasteiger partial charge in [-0.2, -0.15) is 13.2 Å². The first-order valence-electron chi connectivity index (χ1n) is 5.06. The molecule has 2 heterocycles. The molecule has 0 unspecified atom stereocenters. The molecule has 102 valence electrons. The first-order chi connectivity index (χ1) is 8.80. The van der Waals surface area contributed by atoms with E-state index in [0.717, 1.165) is 6.07 Å². The number of halogens is 3. The monoisotopic (exact) mass is 276 g/mol. The fourth-order valence-electron chi connectivity index (χ4n) is 1.56. The van der Waals surface area contributed by atoms with Crippen molar-refractivity contribution in [1.29, 1.82) is 0 Å². The van der Waals surface area contributed by atoms with Crippen molar-refractivity contribution < 1.29 is 32.6 Å². The molecule has 2 rings (SSSR count). The van der Waals surface area contributed by atoms with E-state index in [2.05, 4.69) is 4.98 Å². The molecule has 1 aromatic rings. The highest BCUT2D eigenvalue weighted by Gasteiger charge is 2.45. The zero-order chi connectivity index (χ0) is 14.2. The summed E-state index contributed by atoms with van der Waals surface area (Å²) in [5.74, 6) is -4.01. The molecule has 1 N–H and O–H groups in total. The summed E-state index contributed by atoms with van der Waals surface area (Å²) in [5.41, 5.74) is -0.468. The Morgan fingerprint density at radius 1 is 1.37 bits per heavy atom. The van der Waals surface area contributed by atoms with Gasteiger partial charge in [-0.25, -0.2) is 9.78 Å². The number of alkyl halides is 3. The summed E-state index contributed by atoms with van der Waals surface area (Å²) in [4.78, 5) is 25.8. The molecule has 6 nitrogen and oxygen atoms in total. The zero-order valence-corrected chi connectivity index (χ0v) is 9.27. The summed E-state index contributed by atoms with van der Waals surface area (Å²) in [6.07, 6.45) is -5.06. The van der Waals surface area contributed by atoms with Gasteiger partial charge in [-0.3, -0.25) is 9.69 Å². The number of carboxylic acids is 1. The Hall–Kier alpha value is -2.32. The van der Waals surface area contributed by atoms with Crippen LogP contribution in [0.1, 0.15) is 10.5 Å². The average molecular weight is 276 g/mol. The lowest BCUT2D eigenvalue weighted by Gasteiger charge is -2.28. The Kier molecular flexibility index (Phi) is 3.05. The maximum atomic E-state index is 12.4. The number of hydrogen-bond donors (Lipinski definition) is 1. The first kappa shape index (κ1) is 13.1. The van der Waals surface area contributed by atoms with Gasteiger partial charge in [0.15, 0.2) is 17.3 Å². The molecule has 1 aliphatic rings. The van der Waals surface area contributed by atoms with E-state index in [9.17, 15) is 22.8 Å². The summed E-state index contributed by atoms with van der Waals surface area (Å²) in [6.45, 7) is -0.468. The SMILES string of the molecule is O=C(O)c1ccc2c(n1)N(C(=O)C(F)(F)F)CCO2. The molecule has 0 aromatic carbocycles. The van der Waals surface area contributed by atoms with Crippen LogP contribution >= 0.6 is 0 Å². The van der Waals surface area contributed by atoms with Gasteiger partial charge >= 0.3 is 18.1 Å². The fraction of sp³-hybridized carbons (Fsp3) is 0.300. The van der Waals surface area contributed by atoms with E-state index in [4.69, 9.17) is 9.84 Å². The minimum Gasteiger partial charge on any atom is -0.488 e. The average Bonchev–Trinajstić information content (AvgIpc) is 2.35. The lowest BCUT2D eigenvalue weighted by atomic mass is 10.3. The lowest BCUT2D eigenvalue weighted by Crippen LogP contribution is -2.45. The summed E-state index contributed by atoms with van der Waals surface area (Å²) < 4.78 is 42.3. The number of carboxylic acid groups (broad SMARTS) is 1. The predicted molar refractivity (Wildman–Crippen MR) is 55.1 cm³/mol. The number of aromatic nitrogens is 1. The van der Waals surface area contributed by atoms with Gasteiger partial charge in [0.25, 0.3) is 0 Å². The van der Waals surface area contributed by atoms with E-state index < -0.39 is 29.6 Å². The third kappa shape index (κ3) is 2.44. The summed E-state index contributed by atoms with van der Waals surface area (Å²) in [5, 5.41) is 8.74. The lowest BCUT2D eigenvalue weighted by molar-refractivity contribution is -0.170. The fourth-order valence-corrected chi connectivity index (χ4v) is 1.56. The Bertz CT molecular complexity index is 544. The highest BCUT2D eigenvalue weighted by Crippen LogP contribution is 2.32. The predicted octanol–water partition coefficient (Wildman–Crippen LogP) is 1.07. The molecule has 0 atom stereocenters. The van der Waals surface area contributed by atoms with Crippen molar-refractivity contribution in [1.82, 2.24) is 4.98 Å². The van der Waals surface area contributed by atoms with E-state index in [0.29, 0.717) is 4.90 Å². The van der Waals surface area contributed by atoms with Gasteiger partial charge in [-0.15, -0.1) is 0 Å². The molecule has 0 fully saturated rings. The van der Waals surface area contributed by atoms with Crippen molar-refractivity contribution in [3.05, 3.63) is 17.8 Å². The molecule has 1 aromatic heterocycles. The van der Waals surface area contributed by atoms with Crippen molar-refractivity contribution in [2.45, 2.75) is 6.18 Å². The van der Waals surface area contributed by atoms with Gasteiger partial charge < -0.3 is 9.84 Å². The van der Waals surface area contributed by atoms with E-state index in [1.165, 1.54) is 6.07 Å². The van der Waals surface area contributed by atoms with Crippen LogP contribution in [0.4, 0.5) is 19.0 Å². The van der Waals surface area contributed by atoms with Gasteiger partial charge in [0.05, 0.1) is 6.54 Å². The number of carbonyl (C=O) groups excluding carboxylic acids is 1. The van der Waals surface area contributed by atoms with Crippen LogP contribution in [0.15, 0.2) is 12.1 Å². The Morgan fingerprint density at radius 2 is 2.05 bits per heavy atom. The number of hydrogen-bond acceptors (Lipinski definition) is 4. The van der Waals surface area contributed by atoms with Crippen LogP contribution in [0.2, 0.25) is 0 Å². The number of anilines is 1. The number of nitrogens with zero attached hydrogens (tertiary/aromatic N) is 2. The van der Waals surface area contributed by atoms with Crippen molar-refractivity contribution in [3.8, 4) is 5.75 Å². The second kappa shape index (κ2) is 4.41. The molecular formula is C10H7F3N2O4. The van der Waals surface area contributed by atoms with E-state index in [1.807, 2.05) is 0 Å². The molecule has 0 radical (unpaired) electrons. The van der Waals surface area contributed by atoms with Crippen molar-refractivity contribution in [2.24, 2.45) is 0 Å². The van der Waals surface area contributed by atoms with E-state index in [-0.39, 0.29) is 18.9 Å². The first-order valence-corrected chi connectivity index (χ1v) is 5.06. The second-order valence-corrected chi connectivity index (χ2v) is 3.63. The molecule has 0 bridgehead atoms. The minimum absolute atomic E-state index is 0.0612. The number of pyridine rings is 1. The summed E-state index contributed by atoms with van der Waals surface area (Å²) in [6, 6.07) is 2.25. The number of aromatic carboxylic acids is 1. The molecule has 0 aliphatic carbocycles. The Labute approximate surface area is 104 Å². The maximum Gasteiger partial charge on any atom is 0.471 e. The minimum atomic E-state index is -5.06. The normalized spacial score (nSPS) is 14.6. The third-order valence-corrected chi connectivity index (χ3v) is 2.37. The summed E-state index contributed by atoms with van der Waals surface area (Å²) >= 11 is 0. The van der Waals surface area contributed by atoms with Crippen LogP contribution in [0.3, 0.4) is 0 Å². The van der Waals surface area contributed by atoms with Crippen LogP contribution in [0, 0.1) is 0 Å². The van der Waals surface area contributed by atoms with Crippen LogP contribution in [-0.4, -0.2) is 41.3 Å². The standard InChI is InChI=1S/C10H7F3N2O4/c11-10(12,13)9(18)15-3-4-19-6-2-1-5(8(16)17)14-7(6)15/h1-2H,3-4H2,(H,16,17). The maximum absolute atomic E-state index is 12.4. The molecular weight excluding hydrogens is 269 g/mol. The molecule has 1 aliphatic heterocycles. The molecule has 1 amide bonds. The quantitative estimate of drug-likeness (QED) is 0.829. The summed E-state index contributed by atoms with van der Waals surface area (Å²) in [7, 11) is 0. The molecule has 9 heteroatoms. The van der Waals surface area contributed by atoms with Crippen molar-refractivity contribution >= 4 is 17.7 Å². The van der Waals surface area contributed by atoms with E-state index >= 15 is 0 Å². The number of rotatable bonds is 1. The Balaban J connectivity index is 2.45. The van der Waals surface area contributed by atoms with Crippen LogP contribution in [-0.2, 0) is 4.79 Å². The molecule has 19 heavy (non-hydrogen) atoms. The molecule has 0 saturated carbocycles. The van der Waals surface area contributed by atoms with Gasteiger partial charge in [-0.05, 0) is 12.1 Å². The largest absolute Gasteiger partial charge is 0.488 e. The highest BCUT2D eigenvalue weighted by atomic mass is 19.4. The van der Waals surface area contributed by atoms with Crippen LogP contribution < -0.4 is 9.64 Å². The van der Waals surface area contributed by atoms with Gasteiger partial charge in [0.2, 0.25) is 0 Å². The van der Waals surface area contributed by atoms with Crippen LogP contribution in [0.5, 0.6) is 5.75 Å². The highest BCUT2D eigenvalue weighted by molar-refractivity contribution is 5.98. The number of carbonyl (C=O) groups is 2. The van der Waals surface area contributed by atoms with Gasteiger partial charge in [0, 0.05) is 0 Å².